The van der Waals surface area contributed by atoms with Gasteiger partial charge >= 0.3 is 0 Å². The van der Waals surface area contributed by atoms with Gasteiger partial charge in [-0.15, -0.1) is 0 Å². The molecular formula is C18H19NO3. The molecule has 4 heteroatoms. The van der Waals surface area contributed by atoms with Gasteiger partial charge in [0, 0.05) is 13.1 Å². The van der Waals surface area contributed by atoms with Gasteiger partial charge in [0.05, 0.1) is 6.10 Å². The van der Waals surface area contributed by atoms with E-state index >= 15 is 0 Å². The molecule has 1 heterocycles. The van der Waals surface area contributed by atoms with Gasteiger partial charge in [-0.05, 0) is 11.1 Å². The molecule has 22 heavy (non-hydrogen) atoms. The van der Waals surface area contributed by atoms with Crippen molar-refractivity contribution in [2.45, 2.75) is 12.2 Å². The molecule has 0 spiro atoms. The number of carbonyl (C=O) groups excluding carboxylic acids is 1. The molecule has 114 valence electrons. The summed E-state index contributed by atoms with van der Waals surface area (Å²) in [5.74, 6) is -0.0813. The van der Waals surface area contributed by atoms with Gasteiger partial charge in [0.2, 0.25) is 5.91 Å². The molecule has 1 fully saturated rings. The van der Waals surface area contributed by atoms with Gasteiger partial charge in [-0.3, -0.25) is 4.79 Å². The number of benzene rings is 2. The van der Waals surface area contributed by atoms with E-state index in [2.05, 4.69) is 0 Å². The largest absolute Gasteiger partial charge is 0.389 e. The molecule has 1 aliphatic heterocycles. The van der Waals surface area contributed by atoms with Gasteiger partial charge in [-0.2, -0.15) is 0 Å². The van der Waals surface area contributed by atoms with Gasteiger partial charge in [-0.1, -0.05) is 60.7 Å². The van der Waals surface area contributed by atoms with Gasteiger partial charge in [0.15, 0.2) is 0 Å². The molecule has 0 atom stereocenters. The molecule has 1 N–H and O–H groups in total. The lowest BCUT2D eigenvalue weighted by atomic mass is 10.0. The molecule has 1 amide bonds. The van der Waals surface area contributed by atoms with E-state index in [1.165, 1.54) is 0 Å². The maximum atomic E-state index is 12.0. The number of nitrogens with zero attached hydrogens (tertiary/aromatic N) is 1. The molecule has 3 rings (SSSR count). The van der Waals surface area contributed by atoms with E-state index < -0.39 is 0 Å². The summed E-state index contributed by atoms with van der Waals surface area (Å²) >= 11 is 0. The Balaban J connectivity index is 1.71. The van der Waals surface area contributed by atoms with Crippen LogP contribution in [0.3, 0.4) is 0 Å². The van der Waals surface area contributed by atoms with Crippen LogP contribution >= 0.6 is 0 Å². The van der Waals surface area contributed by atoms with E-state index in [4.69, 9.17) is 4.74 Å². The van der Waals surface area contributed by atoms with Crippen LogP contribution in [0, 0.1) is 0 Å². The van der Waals surface area contributed by atoms with Crippen LogP contribution in [0.15, 0.2) is 60.7 Å². The summed E-state index contributed by atoms with van der Waals surface area (Å²) in [6.07, 6.45) is -0.652. The molecule has 0 radical (unpaired) electrons. The molecule has 4 nitrogen and oxygen atoms in total. The summed E-state index contributed by atoms with van der Waals surface area (Å²) in [4.78, 5) is 13.6. The topological polar surface area (TPSA) is 49.8 Å². The van der Waals surface area contributed by atoms with E-state index in [0.717, 1.165) is 11.1 Å². The van der Waals surface area contributed by atoms with Gasteiger partial charge in [-0.25, -0.2) is 0 Å². The van der Waals surface area contributed by atoms with Crippen LogP contribution in [0.25, 0.3) is 0 Å². The Morgan fingerprint density at radius 2 is 1.55 bits per heavy atom. The molecular weight excluding hydrogens is 278 g/mol. The first-order valence-corrected chi connectivity index (χ1v) is 7.41. The van der Waals surface area contributed by atoms with Crippen molar-refractivity contribution in [1.82, 2.24) is 4.90 Å². The van der Waals surface area contributed by atoms with Crippen molar-refractivity contribution in [2.24, 2.45) is 0 Å². The van der Waals surface area contributed by atoms with Crippen molar-refractivity contribution in [3.63, 3.8) is 0 Å². The highest BCUT2D eigenvalue weighted by atomic mass is 16.5. The molecule has 0 aliphatic carbocycles. The van der Waals surface area contributed by atoms with E-state index in [1.807, 2.05) is 60.7 Å². The highest BCUT2D eigenvalue weighted by molar-refractivity contribution is 5.78. The van der Waals surface area contributed by atoms with E-state index in [0.29, 0.717) is 13.1 Å². The van der Waals surface area contributed by atoms with Crippen molar-refractivity contribution in [3.8, 4) is 0 Å². The van der Waals surface area contributed by atoms with Crippen LogP contribution in [0.5, 0.6) is 0 Å². The minimum atomic E-state index is -0.386. The average molecular weight is 297 g/mol. The monoisotopic (exact) mass is 297 g/mol. The first-order valence-electron chi connectivity index (χ1n) is 7.41. The second-order valence-electron chi connectivity index (χ2n) is 5.46. The fourth-order valence-electron chi connectivity index (χ4n) is 2.55. The summed E-state index contributed by atoms with van der Waals surface area (Å²) < 4.78 is 5.90. The minimum Gasteiger partial charge on any atom is -0.389 e. The Labute approximate surface area is 130 Å². The predicted molar refractivity (Wildman–Crippen MR) is 83.3 cm³/mol. The Kier molecular flexibility index (Phi) is 4.51. The molecule has 0 bridgehead atoms. The fraction of sp³-hybridized carbons (Fsp3) is 0.278. The van der Waals surface area contributed by atoms with Gasteiger partial charge in [0.1, 0.15) is 12.7 Å². The number of ether oxygens (including phenoxy) is 1. The van der Waals surface area contributed by atoms with Crippen LogP contribution < -0.4 is 0 Å². The van der Waals surface area contributed by atoms with Crippen LogP contribution in [0.4, 0.5) is 0 Å². The maximum absolute atomic E-state index is 12.0. The average Bonchev–Trinajstić information content (AvgIpc) is 2.54. The van der Waals surface area contributed by atoms with Gasteiger partial charge < -0.3 is 14.7 Å². The summed E-state index contributed by atoms with van der Waals surface area (Å²) in [7, 11) is 0. The molecule has 0 unspecified atom stereocenters. The molecule has 2 aromatic carbocycles. The van der Waals surface area contributed by atoms with Crippen molar-refractivity contribution < 1.29 is 14.6 Å². The van der Waals surface area contributed by atoms with Crippen molar-refractivity contribution in [2.75, 3.05) is 19.7 Å². The van der Waals surface area contributed by atoms with Crippen molar-refractivity contribution in [3.05, 3.63) is 71.8 Å². The normalized spacial score (nSPS) is 14.9. The number of aliphatic hydroxyl groups excluding tert-OH is 1. The lowest BCUT2D eigenvalue weighted by Gasteiger charge is -2.36. The number of hydrogen-bond acceptors (Lipinski definition) is 3. The standard InChI is InChI=1S/C18H19NO3/c20-16-11-19(12-16)17(21)13-22-18(14-7-3-1-4-8-14)15-9-5-2-6-10-15/h1-10,16,18,20H,11-13H2. The Hall–Kier alpha value is -2.17. The SMILES string of the molecule is O=C(COC(c1ccccc1)c1ccccc1)N1CC(O)C1. The summed E-state index contributed by atoms with van der Waals surface area (Å²) in [6, 6.07) is 19.7. The number of β-amino-alcohol motifs (C(OH)–C–C–N with tert-alkyl or cyclic N) is 1. The zero-order valence-electron chi connectivity index (χ0n) is 12.3. The Morgan fingerprint density at radius 1 is 1.05 bits per heavy atom. The van der Waals surface area contributed by atoms with E-state index in [9.17, 15) is 9.90 Å². The molecule has 1 saturated heterocycles. The number of aliphatic hydroxyl groups is 1. The van der Waals surface area contributed by atoms with E-state index in [-0.39, 0.29) is 24.7 Å². The number of carbonyl (C=O) groups is 1. The summed E-state index contributed by atoms with van der Waals surface area (Å²) in [5.41, 5.74) is 2.04. The molecule has 0 aromatic heterocycles. The lowest BCUT2D eigenvalue weighted by molar-refractivity contribution is -0.147. The van der Waals surface area contributed by atoms with Crippen LogP contribution in [0.1, 0.15) is 17.2 Å². The third-order valence-corrected chi connectivity index (χ3v) is 3.79. The number of rotatable bonds is 5. The third kappa shape index (κ3) is 3.35. The lowest BCUT2D eigenvalue weighted by Crippen LogP contribution is -2.54. The predicted octanol–water partition coefficient (Wildman–Crippen LogP) is 2.00. The fourth-order valence-corrected chi connectivity index (χ4v) is 2.55. The zero-order chi connectivity index (χ0) is 15.4. The zero-order valence-corrected chi connectivity index (χ0v) is 12.3. The minimum absolute atomic E-state index is 0.0151. The smallest absolute Gasteiger partial charge is 0.248 e. The number of likely N-dealkylation sites (tertiary alicyclic amines) is 1. The molecule has 2 aromatic rings. The Morgan fingerprint density at radius 3 is 2.00 bits per heavy atom. The second kappa shape index (κ2) is 6.73. The van der Waals surface area contributed by atoms with Crippen LogP contribution in [0.2, 0.25) is 0 Å². The molecule has 0 saturated carbocycles. The van der Waals surface area contributed by atoms with Crippen molar-refractivity contribution in [1.29, 1.82) is 0 Å². The second-order valence-corrected chi connectivity index (χ2v) is 5.46. The Bertz CT molecular complexity index is 569. The maximum Gasteiger partial charge on any atom is 0.248 e. The van der Waals surface area contributed by atoms with Crippen molar-refractivity contribution >= 4 is 5.91 Å². The van der Waals surface area contributed by atoms with E-state index in [1.54, 1.807) is 4.90 Å². The van der Waals surface area contributed by atoms with Crippen LogP contribution in [-0.4, -0.2) is 41.7 Å². The molecule has 1 aliphatic rings. The first kappa shape index (κ1) is 14.8. The van der Waals surface area contributed by atoms with Gasteiger partial charge in [0.25, 0.3) is 0 Å². The highest BCUT2D eigenvalue weighted by Gasteiger charge is 2.29. The third-order valence-electron chi connectivity index (χ3n) is 3.79. The number of hydrogen-bond donors (Lipinski definition) is 1. The first-order chi connectivity index (χ1) is 10.7. The summed E-state index contributed by atoms with van der Waals surface area (Å²) in [6.45, 7) is 0.828. The van der Waals surface area contributed by atoms with Crippen LogP contribution in [-0.2, 0) is 9.53 Å². The quantitative estimate of drug-likeness (QED) is 0.918. The highest BCUT2D eigenvalue weighted by Crippen LogP contribution is 2.26. The number of amides is 1. The summed E-state index contributed by atoms with van der Waals surface area (Å²) in [5, 5.41) is 9.27.